The van der Waals surface area contributed by atoms with Crippen molar-refractivity contribution in [3.63, 3.8) is 0 Å². The van der Waals surface area contributed by atoms with Gasteiger partial charge in [0.15, 0.2) is 0 Å². The molecule has 1 atom stereocenters. The molecule has 0 spiro atoms. The third-order valence-corrected chi connectivity index (χ3v) is 4.14. The van der Waals surface area contributed by atoms with Crippen molar-refractivity contribution in [1.29, 1.82) is 0 Å². The molecule has 1 unspecified atom stereocenters. The molecule has 4 amide bonds. The lowest BCUT2D eigenvalue weighted by atomic mass is 9.87. The lowest BCUT2D eigenvalue weighted by molar-refractivity contribution is -0.138. The van der Waals surface area contributed by atoms with Crippen LogP contribution < -0.4 is 10.6 Å². The van der Waals surface area contributed by atoms with Crippen LogP contribution in [0.2, 0.25) is 0 Å². The quantitative estimate of drug-likeness (QED) is 0.781. The number of rotatable bonds is 4. The molecule has 1 fully saturated rings. The highest BCUT2D eigenvalue weighted by molar-refractivity contribution is 6.06. The zero-order valence-corrected chi connectivity index (χ0v) is 14.9. The van der Waals surface area contributed by atoms with Crippen LogP contribution in [0.15, 0.2) is 24.3 Å². The monoisotopic (exact) mass is 345 g/mol. The summed E-state index contributed by atoms with van der Waals surface area (Å²) in [4.78, 5) is 48.1. The first-order valence-electron chi connectivity index (χ1n) is 8.08. The normalized spacial score (nSPS) is 17.6. The summed E-state index contributed by atoms with van der Waals surface area (Å²) >= 11 is 0. The van der Waals surface area contributed by atoms with Gasteiger partial charge in [0.1, 0.15) is 6.04 Å². The number of likely N-dealkylation sites (tertiary alicyclic amines) is 1. The third-order valence-electron chi connectivity index (χ3n) is 4.14. The summed E-state index contributed by atoms with van der Waals surface area (Å²) in [5.41, 5.74) is 1.55. The number of hydrogen-bond acceptors (Lipinski definition) is 4. The molecule has 0 radical (unpaired) electrons. The standard InChI is InChI=1S/C18H23N3O4/c1-18(2,3)12-7-5-11(6-8-12)16(24)19-10-14(22)20-13-9-15(23)21(4)17(13)25/h5-8,13H,9-10H2,1-4H3,(H,19,24)(H,20,22). The van der Waals surface area contributed by atoms with Gasteiger partial charge in [0.05, 0.1) is 13.0 Å². The number of nitrogens with zero attached hydrogens (tertiary/aromatic N) is 1. The van der Waals surface area contributed by atoms with Gasteiger partial charge in [0.25, 0.3) is 11.8 Å². The molecule has 0 bridgehead atoms. The molecular weight excluding hydrogens is 322 g/mol. The van der Waals surface area contributed by atoms with Gasteiger partial charge in [-0.05, 0) is 23.1 Å². The van der Waals surface area contributed by atoms with E-state index in [0.717, 1.165) is 10.5 Å². The largest absolute Gasteiger partial charge is 0.343 e. The number of nitrogens with one attached hydrogen (secondary N) is 2. The van der Waals surface area contributed by atoms with Crippen molar-refractivity contribution < 1.29 is 19.2 Å². The molecule has 1 heterocycles. The predicted octanol–water partition coefficient (Wildman–Crippen LogP) is 0.587. The van der Waals surface area contributed by atoms with E-state index in [0.29, 0.717) is 5.56 Å². The van der Waals surface area contributed by atoms with E-state index >= 15 is 0 Å². The number of amides is 4. The van der Waals surface area contributed by atoms with E-state index in [4.69, 9.17) is 0 Å². The third kappa shape index (κ3) is 4.43. The van der Waals surface area contributed by atoms with Crippen LogP contribution in [0.5, 0.6) is 0 Å². The molecule has 25 heavy (non-hydrogen) atoms. The highest BCUT2D eigenvalue weighted by atomic mass is 16.2. The van der Waals surface area contributed by atoms with Crippen molar-refractivity contribution in [1.82, 2.24) is 15.5 Å². The average Bonchev–Trinajstić information content (AvgIpc) is 2.79. The summed E-state index contributed by atoms with van der Waals surface area (Å²) < 4.78 is 0. The summed E-state index contributed by atoms with van der Waals surface area (Å²) in [7, 11) is 1.37. The van der Waals surface area contributed by atoms with Crippen molar-refractivity contribution in [2.75, 3.05) is 13.6 Å². The molecule has 0 aliphatic carbocycles. The zero-order chi connectivity index (χ0) is 18.8. The Bertz CT molecular complexity index is 704. The summed E-state index contributed by atoms with van der Waals surface area (Å²) in [6.07, 6.45) is -0.0523. The first-order chi connectivity index (χ1) is 11.6. The van der Waals surface area contributed by atoms with E-state index in [1.165, 1.54) is 7.05 Å². The average molecular weight is 345 g/mol. The SMILES string of the molecule is CN1C(=O)CC(NC(=O)CNC(=O)c2ccc(C(C)(C)C)cc2)C1=O. The summed E-state index contributed by atoms with van der Waals surface area (Å²) in [5.74, 6) is -1.66. The fourth-order valence-electron chi connectivity index (χ4n) is 2.50. The minimum Gasteiger partial charge on any atom is -0.343 e. The van der Waals surface area contributed by atoms with Gasteiger partial charge in [0.2, 0.25) is 11.8 Å². The second kappa shape index (κ2) is 7.04. The van der Waals surface area contributed by atoms with Gasteiger partial charge >= 0.3 is 0 Å². The molecule has 1 aromatic rings. The first kappa shape index (κ1) is 18.6. The van der Waals surface area contributed by atoms with Gasteiger partial charge in [0, 0.05) is 12.6 Å². The second-order valence-corrected chi connectivity index (χ2v) is 7.13. The molecule has 7 nitrogen and oxygen atoms in total. The van der Waals surface area contributed by atoms with Gasteiger partial charge in [-0.1, -0.05) is 32.9 Å². The van der Waals surface area contributed by atoms with Gasteiger partial charge in [-0.15, -0.1) is 0 Å². The topological polar surface area (TPSA) is 95.6 Å². The van der Waals surface area contributed by atoms with E-state index in [9.17, 15) is 19.2 Å². The minimum absolute atomic E-state index is 0.00664. The van der Waals surface area contributed by atoms with Crippen LogP contribution >= 0.6 is 0 Å². The van der Waals surface area contributed by atoms with E-state index in [1.807, 2.05) is 12.1 Å². The Hall–Kier alpha value is -2.70. The highest BCUT2D eigenvalue weighted by Gasteiger charge is 2.36. The molecular formula is C18H23N3O4. The van der Waals surface area contributed by atoms with Crippen molar-refractivity contribution in [3.05, 3.63) is 35.4 Å². The summed E-state index contributed by atoms with van der Waals surface area (Å²) in [5, 5.41) is 4.97. The number of carbonyl (C=O) groups is 4. The number of likely N-dealkylation sites (N-methyl/N-ethyl adjacent to an activating group) is 1. The smallest absolute Gasteiger partial charge is 0.252 e. The van der Waals surface area contributed by atoms with Crippen LogP contribution in [0.4, 0.5) is 0 Å². The Morgan fingerprint density at radius 1 is 1.16 bits per heavy atom. The maximum absolute atomic E-state index is 12.1. The molecule has 2 rings (SSSR count). The van der Waals surface area contributed by atoms with Crippen LogP contribution in [-0.4, -0.2) is 48.2 Å². The van der Waals surface area contributed by atoms with Crippen molar-refractivity contribution in [2.45, 2.75) is 38.6 Å². The zero-order valence-electron chi connectivity index (χ0n) is 14.9. The summed E-state index contributed by atoms with van der Waals surface area (Å²) in [6, 6.07) is 6.33. The van der Waals surface area contributed by atoms with Gasteiger partial charge in [-0.25, -0.2) is 0 Å². The Kier molecular flexibility index (Phi) is 5.25. The van der Waals surface area contributed by atoms with Crippen molar-refractivity contribution in [2.24, 2.45) is 0 Å². The number of hydrogen-bond donors (Lipinski definition) is 2. The molecule has 1 saturated heterocycles. The molecule has 134 valence electrons. The van der Waals surface area contributed by atoms with Gasteiger partial charge in [-0.2, -0.15) is 0 Å². The minimum atomic E-state index is -0.854. The Morgan fingerprint density at radius 3 is 2.24 bits per heavy atom. The number of imide groups is 1. The fraction of sp³-hybridized carbons (Fsp3) is 0.444. The predicted molar refractivity (Wildman–Crippen MR) is 91.8 cm³/mol. The van der Waals surface area contributed by atoms with E-state index < -0.39 is 17.9 Å². The molecule has 2 N–H and O–H groups in total. The Balaban J connectivity index is 1.86. The van der Waals surface area contributed by atoms with Crippen LogP contribution in [-0.2, 0) is 19.8 Å². The van der Waals surface area contributed by atoms with Crippen molar-refractivity contribution >= 4 is 23.6 Å². The lowest BCUT2D eigenvalue weighted by Crippen LogP contribution is -2.45. The fourth-order valence-corrected chi connectivity index (χ4v) is 2.50. The lowest BCUT2D eigenvalue weighted by Gasteiger charge is -2.19. The van der Waals surface area contributed by atoms with Crippen LogP contribution in [0, 0.1) is 0 Å². The summed E-state index contributed by atoms with van der Waals surface area (Å²) in [6.45, 7) is 5.98. The van der Waals surface area contributed by atoms with E-state index in [1.54, 1.807) is 12.1 Å². The Labute approximate surface area is 146 Å². The maximum atomic E-state index is 12.1. The first-order valence-corrected chi connectivity index (χ1v) is 8.08. The second-order valence-electron chi connectivity index (χ2n) is 7.13. The molecule has 0 aromatic heterocycles. The molecule has 7 heteroatoms. The van der Waals surface area contributed by atoms with Crippen LogP contribution in [0.25, 0.3) is 0 Å². The van der Waals surface area contributed by atoms with Crippen molar-refractivity contribution in [3.8, 4) is 0 Å². The van der Waals surface area contributed by atoms with E-state index in [2.05, 4.69) is 31.4 Å². The van der Waals surface area contributed by atoms with E-state index in [-0.39, 0.29) is 30.2 Å². The molecule has 1 aliphatic rings. The molecule has 0 saturated carbocycles. The number of carbonyl (C=O) groups excluding carboxylic acids is 4. The van der Waals surface area contributed by atoms with Gasteiger partial charge in [-0.3, -0.25) is 24.1 Å². The maximum Gasteiger partial charge on any atom is 0.252 e. The molecule has 1 aliphatic heterocycles. The van der Waals surface area contributed by atoms with Crippen LogP contribution in [0.1, 0.15) is 43.1 Å². The molecule has 1 aromatic carbocycles. The highest BCUT2D eigenvalue weighted by Crippen LogP contribution is 2.22. The number of benzene rings is 1. The van der Waals surface area contributed by atoms with Gasteiger partial charge < -0.3 is 10.6 Å². The Morgan fingerprint density at radius 2 is 1.76 bits per heavy atom. The van der Waals surface area contributed by atoms with Crippen LogP contribution in [0.3, 0.4) is 0 Å².